The summed E-state index contributed by atoms with van der Waals surface area (Å²) in [7, 11) is 1.88. The highest BCUT2D eigenvalue weighted by molar-refractivity contribution is 5.78. The fraction of sp³-hybridized carbons (Fsp3) is 0.786. The number of carbonyl (C=O) groups excluding carboxylic acids is 1. The summed E-state index contributed by atoms with van der Waals surface area (Å²) in [6.45, 7) is 6.18. The van der Waals surface area contributed by atoms with E-state index in [0.29, 0.717) is 11.8 Å². The smallest absolute Gasteiger partial charge is 0.226 e. The molecule has 2 atom stereocenters. The number of rotatable bonds is 5. The lowest BCUT2D eigenvalue weighted by atomic mass is 9.93. The number of hydrogen-bond acceptors (Lipinski definition) is 5. The topological polar surface area (TPSA) is 71.3 Å². The first-order valence-electron chi connectivity index (χ1n) is 7.32. The first-order chi connectivity index (χ1) is 9.60. The Labute approximate surface area is 119 Å². The molecule has 0 aliphatic carbocycles. The van der Waals surface area contributed by atoms with Gasteiger partial charge in [0.2, 0.25) is 11.8 Å². The van der Waals surface area contributed by atoms with Crippen LogP contribution < -0.4 is 5.32 Å². The van der Waals surface area contributed by atoms with E-state index in [1.807, 2.05) is 18.9 Å². The lowest BCUT2D eigenvalue weighted by Crippen LogP contribution is -2.44. The summed E-state index contributed by atoms with van der Waals surface area (Å²) in [6.07, 6.45) is 2.97. The molecule has 6 nitrogen and oxygen atoms in total. The van der Waals surface area contributed by atoms with Gasteiger partial charge < -0.3 is 14.7 Å². The van der Waals surface area contributed by atoms with Crippen molar-refractivity contribution in [1.29, 1.82) is 0 Å². The predicted octanol–water partition coefficient (Wildman–Crippen LogP) is 1.01. The summed E-state index contributed by atoms with van der Waals surface area (Å²) >= 11 is 0. The van der Waals surface area contributed by atoms with Crippen LogP contribution in [0, 0.1) is 18.8 Å². The predicted molar refractivity (Wildman–Crippen MR) is 75.1 cm³/mol. The van der Waals surface area contributed by atoms with Crippen LogP contribution in [0.25, 0.3) is 0 Å². The SMILES string of the molecule is CNCC(C)C(=O)N1CCCC(Cc2noc(C)n2)C1. The molecular formula is C14H24N4O2. The number of carbonyl (C=O) groups is 1. The van der Waals surface area contributed by atoms with Gasteiger partial charge in [0.05, 0.1) is 0 Å². The monoisotopic (exact) mass is 280 g/mol. The lowest BCUT2D eigenvalue weighted by molar-refractivity contribution is -0.136. The van der Waals surface area contributed by atoms with Crippen molar-refractivity contribution in [2.24, 2.45) is 11.8 Å². The Kier molecular flexibility index (Phi) is 5.11. The molecule has 1 aliphatic heterocycles. The molecule has 112 valence electrons. The van der Waals surface area contributed by atoms with Crippen LogP contribution in [0.2, 0.25) is 0 Å². The average molecular weight is 280 g/mol. The Morgan fingerprint density at radius 1 is 1.60 bits per heavy atom. The summed E-state index contributed by atoms with van der Waals surface area (Å²) in [4.78, 5) is 18.6. The van der Waals surface area contributed by atoms with E-state index in [1.54, 1.807) is 6.92 Å². The summed E-state index contributed by atoms with van der Waals surface area (Å²) in [6, 6.07) is 0. The van der Waals surface area contributed by atoms with Crippen molar-refractivity contribution in [2.75, 3.05) is 26.7 Å². The molecule has 1 amide bonds. The number of nitrogens with zero attached hydrogens (tertiary/aromatic N) is 3. The van der Waals surface area contributed by atoms with Gasteiger partial charge in [0.25, 0.3) is 0 Å². The Hall–Kier alpha value is -1.43. The maximum Gasteiger partial charge on any atom is 0.226 e. The van der Waals surface area contributed by atoms with Crippen molar-refractivity contribution in [2.45, 2.75) is 33.1 Å². The fourth-order valence-corrected chi connectivity index (χ4v) is 2.82. The number of likely N-dealkylation sites (tertiary alicyclic amines) is 1. The van der Waals surface area contributed by atoms with Crippen LogP contribution in [0.1, 0.15) is 31.5 Å². The molecule has 2 heterocycles. The minimum Gasteiger partial charge on any atom is -0.342 e. The highest BCUT2D eigenvalue weighted by atomic mass is 16.5. The van der Waals surface area contributed by atoms with Crippen LogP contribution in [0.3, 0.4) is 0 Å². The van der Waals surface area contributed by atoms with Gasteiger partial charge >= 0.3 is 0 Å². The molecule has 6 heteroatoms. The van der Waals surface area contributed by atoms with Crippen molar-refractivity contribution >= 4 is 5.91 Å². The van der Waals surface area contributed by atoms with Gasteiger partial charge in [-0.25, -0.2) is 0 Å². The Bertz CT molecular complexity index is 446. The molecule has 1 fully saturated rings. The third-order valence-electron chi connectivity index (χ3n) is 3.80. The van der Waals surface area contributed by atoms with E-state index in [-0.39, 0.29) is 11.8 Å². The second-order valence-corrected chi connectivity index (χ2v) is 5.68. The first kappa shape index (κ1) is 15.0. The zero-order valence-electron chi connectivity index (χ0n) is 12.6. The summed E-state index contributed by atoms with van der Waals surface area (Å²) in [5.74, 6) is 2.07. The van der Waals surface area contributed by atoms with Gasteiger partial charge in [-0.1, -0.05) is 12.1 Å². The first-order valence-corrected chi connectivity index (χ1v) is 7.32. The zero-order valence-corrected chi connectivity index (χ0v) is 12.6. The molecular weight excluding hydrogens is 256 g/mol. The highest BCUT2D eigenvalue weighted by Crippen LogP contribution is 2.21. The standard InChI is InChI=1S/C14H24N4O2/c1-10(8-15-3)14(19)18-6-4-5-12(9-18)7-13-16-11(2)20-17-13/h10,12,15H,4-9H2,1-3H3. The molecule has 2 rings (SSSR count). The van der Waals surface area contributed by atoms with E-state index < -0.39 is 0 Å². The number of amides is 1. The van der Waals surface area contributed by atoms with Gasteiger partial charge in [-0.3, -0.25) is 4.79 Å². The average Bonchev–Trinajstić information content (AvgIpc) is 2.84. The van der Waals surface area contributed by atoms with Crippen LogP contribution >= 0.6 is 0 Å². The molecule has 0 spiro atoms. The second-order valence-electron chi connectivity index (χ2n) is 5.68. The lowest BCUT2D eigenvalue weighted by Gasteiger charge is -2.34. The van der Waals surface area contributed by atoms with E-state index in [1.165, 1.54) is 0 Å². The zero-order chi connectivity index (χ0) is 14.5. The Morgan fingerprint density at radius 3 is 3.05 bits per heavy atom. The van der Waals surface area contributed by atoms with Gasteiger partial charge in [0.15, 0.2) is 5.82 Å². The van der Waals surface area contributed by atoms with E-state index in [2.05, 4.69) is 15.5 Å². The van der Waals surface area contributed by atoms with E-state index in [4.69, 9.17) is 4.52 Å². The summed E-state index contributed by atoms with van der Waals surface area (Å²) in [5.41, 5.74) is 0. The van der Waals surface area contributed by atoms with Crippen LogP contribution in [0.4, 0.5) is 0 Å². The van der Waals surface area contributed by atoms with Gasteiger partial charge in [-0.2, -0.15) is 4.98 Å². The van der Waals surface area contributed by atoms with Crippen molar-refractivity contribution in [3.63, 3.8) is 0 Å². The molecule has 0 saturated carbocycles. The molecule has 1 aromatic rings. The van der Waals surface area contributed by atoms with Crippen LogP contribution in [0.15, 0.2) is 4.52 Å². The minimum atomic E-state index is 0.0335. The van der Waals surface area contributed by atoms with Crippen molar-refractivity contribution < 1.29 is 9.32 Å². The van der Waals surface area contributed by atoms with E-state index >= 15 is 0 Å². The number of nitrogens with one attached hydrogen (secondary N) is 1. The molecule has 0 aromatic carbocycles. The fourth-order valence-electron chi connectivity index (χ4n) is 2.82. The number of aryl methyl sites for hydroxylation is 1. The quantitative estimate of drug-likeness (QED) is 0.871. The third kappa shape index (κ3) is 3.79. The molecule has 1 aliphatic rings. The maximum atomic E-state index is 12.3. The number of piperidine rings is 1. The Balaban J connectivity index is 1.89. The molecule has 1 aromatic heterocycles. The van der Waals surface area contributed by atoms with E-state index in [9.17, 15) is 4.79 Å². The van der Waals surface area contributed by atoms with Crippen LogP contribution in [-0.2, 0) is 11.2 Å². The second kappa shape index (κ2) is 6.83. The Morgan fingerprint density at radius 2 is 2.40 bits per heavy atom. The van der Waals surface area contributed by atoms with Gasteiger partial charge in [-0.15, -0.1) is 0 Å². The molecule has 0 radical (unpaired) electrons. The van der Waals surface area contributed by atoms with Gasteiger partial charge in [0, 0.05) is 38.9 Å². The molecule has 1 saturated heterocycles. The van der Waals surface area contributed by atoms with Gasteiger partial charge in [0.1, 0.15) is 0 Å². The van der Waals surface area contributed by atoms with Crippen molar-refractivity contribution in [3.8, 4) is 0 Å². The van der Waals surface area contributed by atoms with Crippen molar-refractivity contribution in [1.82, 2.24) is 20.4 Å². The van der Waals surface area contributed by atoms with E-state index in [0.717, 1.165) is 44.7 Å². The highest BCUT2D eigenvalue weighted by Gasteiger charge is 2.27. The molecule has 20 heavy (non-hydrogen) atoms. The molecule has 0 bridgehead atoms. The minimum absolute atomic E-state index is 0.0335. The van der Waals surface area contributed by atoms with Crippen molar-refractivity contribution in [3.05, 3.63) is 11.7 Å². The maximum absolute atomic E-state index is 12.3. The van der Waals surface area contributed by atoms with Gasteiger partial charge in [-0.05, 0) is 25.8 Å². The van der Waals surface area contributed by atoms with Crippen LogP contribution in [-0.4, -0.2) is 47.6 Å². The summed E-state index contributed by atoms with van der Waals surface area (Å²) < 4.78 is 5.00. The van der Waals surface area contributed by atoms with Crippen LogP contribution in [0.5, 0.6) is 0 Å². The third-order valence-corrected chi connectivity index (χ3v) is 3.80. The molecule has 1 N–H and O–H groups in total. The largest absolute Gasteiger partial charge is 0.342 e. The summed E-state index contributed by atoms with van der Waals surface area (Å²) in [5, 5.41) is 7.01. The number of aromatic nitrogens is 2. The number of hydrogen-bond donors (Lipinski definition) is 1. The normalized spacial score (nSPS) is 20.9. The molecule has 2 unspecified atom stereocenters.